The van der Waals surface area contributed by atoms with Gasteiger partial charge in [-0.1, -0.05) is 308 Å². The Bertz CT molecular complexity index is 1160. The normalized spacial score (nSPS) is 12.1. The molecular formula is C66H124O6. The first-order valence-corrected chi connectivity index (χ1v) is 32.3. The van der Waals surface area contributed by atoms with Crippen LogP contribution in [0.5, 0.6) is 0 Å². The van der Waals surface area contributed by atoms with Crippen molar-refractivity contribution in [2.24, 2.45) is 0 Å². The summed E-state index contributed by atoms with van der Waals surface area (Å²) in [5, 5.41) is 0. The number of ether oxygens (including phenoxy) is 3. The van der Waals surface area contributed by atoms with Crippen molar-refractivity contribution >= 4 is 17.9 Å². The van der Waals surface area contributed by atoms with E-state index >= 15 is 0 Å². The van der Waals surface area contributed by atoms with E-state index in [-0.39, 0.29) is 31.1 Å². The quantitative estimate of drug-likeness (QED) is 0.0261. The standard InChI is InChI=1S/C66H124O6/c1-4-7-10-13-16-19-22-23-24-25-26-27-28-29-30-31-32-33-34-35-36-37-38-39-40-41-42-43-45-47-50-53-56-59-65(68)71-62-63(61-70-64(67)58-55-52-49-46-21-18-15-12-9-6-3)72-66(69)60-57-54-51-48-44-20-17-14-11-8-5-2/h12,14-15,17,63H,4-11,13,16,18-62H2,1-3H3/b15-12-,17-14-. The Kier molecular flexibility index (Phi) is 59.6. The second-order valence-corrected chi connectivity index (χ2v) is 22.0. The van der Waals surface area contributed by atoms with Gasteiger partial charge in [-0.25, -0.2) is 0 Å². The van der Waals surface area contributed by atoms with Crippen LogP contribution in [-0.2, 0) is 28.6 Å². The molecule has 1 atom stereocenters. The summed E-state index contributed by atoms with van der Waals surface area (Å²) >= 11 is 0. The molecule has 0 N–H and O–H groups in total. The molecule has 6 heteroatoms. The molecule has 424 valence electrons. The highest BCUT2D eigenvalue weighted by molar-refractivity contribution is 5.71. The number of hydrogen-bond acceptors (Lipinski definition) is 6. The summed E-state index contributed by atoms with van der Waals surface area (Å²) in [5.74, 6) is -0.877. The number of hydrogen-bond donors (Lipinski definition) is 0. The van der Waals surface area contributed by atoms with Gasteiger partial charge in [0.15, 0.2) is 6.10 Å². The second-order valence-electron chi connectivity index (χ2n) is 22.0. The number of carbonyl (C=O) groups excluding carboxylic acids is 3. The van der Waals surface area contributed by atoms with E-state index in [4.69, 9.17) is 14.2 Å². The molecule has 0 saturated heterocycles. The molecule has 0 heterocycles. The summed E-state index contributed by atoms with van der Waals surface area (Å²) in [7, 11) is 0. The van der Waals surface area contributed by atoms with Gasteiger partial charge in [0.2, 0.25) is 0 Å². The summed E-state index contributed by atoms with van der Waals surface area (Å²) in [4.78, 5) is 38.0. The first-order chi connectivity index (χ1) is 35.5. The third kappa shape index (κ3) is 58.8. The van der Waals surface area contributed by atoms with Crippen LogP contribution < -0.4 is 0 Å². The smallest absolute Gasteiger partial charge is 0.306 e. The maximum absolute atomic E-state index is 12.8. The van der Waals surface area contributed by atoms with Gasteiger partial charge in [-0.15, -0.1) is 0 Å². The maximum Gasteiger partial charge on any atom is 0.306 e. The van der Waals surface area contributed by atoms with Crippen LogP contribution in [0.3, 0.4) is 0 Å². The summed E-state index contributed by atoms with van der Waals surface area (Å²) in [6.07, 6.45) is 73.8. The Morgan fingerprint density at radius 2 is 0.500 bits per heavy atom. The van der Waals surface area contributed by atoms with Crippen LogP contribution in [0, 0.1) is 0 Å². The van der Waals surface area contributed by atoms with Gasteiger partial charge in [0.05, 0.1) is 0 Å². The third-order valence-corrected chi connectivity index (χ3v) is 14.7. The van der Waals surface area contributed by atoms with Crippen LogP contribution in [0.25, 0.3) is 0 Å². The van der Waals surface area contributed by atoms with Crippen molar-refractivity contribution in [3.63, 3.8) is 0 Å². The molecule has 0 aromatic rings. The van der Waals surface area contributed by atoms with E-state index in [1.807, 2.05) is 0 Å². The van der Waals surface area contributed by atoms with Gasteiger partial charge in [-0.3, -0.25) is 14.4 Å². The summed E-state index contributed by atoms with van der Waals surface area (Å²) in [6, 6.07) is 0. The van der Waals surface area contributed by atoms with Gasteiger partial charge in [-0.2, -0.15) is 0 Å². The van der Waals surface area contributed by atoms with Gasteiger partial charge in [0.1, 0.15) is 13.2 Å². The van der Waals surface area contributed by atoms with Crippen molar-refractivity contribution in [2.45, 2.75) is 367 Å². The van der Waals surface area contributed by atoms with Crippen LogP contribution in [0.15, 0.2) is 24.3 Å². The summed E-state index contributed by atoms with van der Waals surface area (Å²) in [5.41, 5.74) is 0. The Balaban J connectivity index is 3.93. The van der Waals surface area contributed by atoms with E-state index in [1.165, 1.54) is 238 Å². The van der Waals surface area contributed by atoms with Gasteiger partial charge in [0, 0.05) is 19.3 Å². The van der Waals surface area contributed by atoms with Gasteiger partial charge in [-0.05, 0) is 57.8 Å². The molecule has 0 fully saturated rings. The highest BCUT2D eigenvalue weighted by atomic mass is 16.6. The molecule has 0 aliphatic heterocycles. The zero-order valence-electron chi connectivity index (χ0n) is 48.7. The highest BCUT2D eigenvalue weighted by Gasteiger charge is 2.19. The van der Waals surface area contributed by atoms with Gasteiger partial charge < -0.3 is 14.2 Å². The predicted octanol–water partition coefficient (Wildman–Crippen LogP) is 21.8. The summed E-state index contributed by atoms with van der Waals surface area (Å²) < 4.78 is 16.8. The minimum absolute atomic E-state index is 0.0734. The molecule has 0 amide bonds. The average molecular weight is 1010 g/mol. The fraction of sp³-hybridized carbons (Fsp3) is 0.894. The summed E-state index contributed by atoms with van der Waals surface area (Å²) in [6.45, 7) is 6.57. The molecule has 1 unspecified atom stereocenters. The third-order valence-electron chi connectivity index (χ3n) is 14.7. The van der Waals surface area contributed by atoms with E-state index in [0.29, 0.717) is 19.3 Å². The molecule has 0 spiro atoms. The van der Waals surface area contributed by atoms with E-state index in [1.54, 1.807) is 0 Å². The van der Waals surface area contributed by atoms with Crippen molar-refractivity contribution in [2.75, 3.05) is 13.2 Å². The monoisotopic (exact) mass is 1010 g/mol. The van der Waals surface area contributed by atoms with Crippen LogP contribution in [0.4, 0.5) is 0 Å². The van der Waals surface area contributed by atoms with E-state index in [2.05, 4.69) is 45.1 Å². The SMILES string of the molecule is CCC/C=C\CCCCCCCC(=O)OCC(COC(=O)CCCCCCCCCCCCCCCCCCCCCCCCCCCCCCCCCCC)OC(=O)CCCCCCC/C=C\CCCC. The molecule has 0 bridgehead atoms. The largest absolute Gasteiger partial charge is 0.462 e. The molecule has 0 radical (unpaired) electrons. The fourth-order valence-electron chi connectivity index (χ4n) is 9.78. The topological polar surface area (TPSA) is 78.9 Å². The first-order valence-electron chi connectivity index (χ1n) is 32.3. The number of allylic oxidation sites excluding steroid dienone is 4. The van der Waals surface area contributed by atoms with Crippen molar-refractivity contribution in [1.29, 1.82) is 0 Å². The number of unbranched alkanes of at least 4 members (excludes halogenated alkanes) is 45. The lowest BCUT2D eigenvalue weighted by atomic mass is 10.0. The minimum Gasteiger partial charge on any atom is -0.462 e. The molecule has 72 heavy (non-hydrogen) atoms. The molecule has 0 aromatic carbocycles. The Labute approximate surface area is 449 Å². The lowest BCUT2D eigenvalue weighted by molar-refractivity contribution is -0.167. The van der Waals surface area contributed by atoms with Crippen LogP contribution >= 0.6 is 0 Å². The molecule has 0 rings (SSSR count). The zero-order chi connectivity index (χ0) is 52.2. The average Bonchev–Trinajstić information content (AvgIpc) is 3.38. The Morgan fingerprint density at radius 3 is 0.792 bits per heavy atom. The molecule has 0 aromatic heterocycles. The van der Waals surface area contributed by atoms with Crippen molar-refractivity contribution in [3.05, 3.63) is 24.3 Å². The fourth-order valence-corrected chi connectivity index (χ4v) is 9.78. The lowest BCUT2D eigenvalue weighted by Gasteiger charge is -2.18. The molecule has 0 saturated carbocycles. The predicted molar refractivity (Wildman–Crippen MR) is 312 cm³/mol. The van der Waals surface area contributed by atoms with Gasteiger partial charge in [0.25, 0.3) is 0 Å². The van der Waals surface area contributed by atoms with Crippen LogP contribution in [0.2, 0.25) is 0 Å². The molecule has 0 aliphatic carbocycles. The number of rotatable bonds is 60. The van der Waals surface area contributed by atoms with Crippen molar-refractivity contribution in [1.82, 2.24) is 0 Å². The lowest BCUT2D eigenvalue weighted by Crippen LogP contribution is -2.30. The molecular weight excluding hydrogens is 889 g/mol. The van der Waals surface area contributed by atoms with Crippen molar-refractivity contribution in [3.8, 4) is 0 Å². The highest BCUT2D eigenvalue weighted by Crippen LogP contribution is 2.18. The number of carbonyl (C=O) groups is 3. The Morgan fingerprint density at radius 1 is 0.264 bits per heavy atom. The zero-order valence-corrected chi connectivity index (χ0v) is 48.7. The first kappa shape index (κ1) is 69.9. The minimum atomic E-state index is -0.774. The Hall–Kier alpha value is -2.11. The number of esters is 3. The molecule has 0 aliphatic rings. The van der Waals surface area contributed by atoms with E-state index in [0.717, 1.165) is 83.5 Å². The van der Waals surface area contributed by atoms with Crippen molar-refractivity contribution < 1.29 is 28.6 Å². The maximum atomic E-state index is 12.8. The van der Waals surface area contributed by atoms with E-state index < -0.39 is 6.10 Å². The molecule has 6 nitrogen and oxygen atoms in total. The van der Waals surface area contributed by atoms with E-state index in [9.17, 15) is 14.4 Å². The van der Waals surface area contributed by atoms with Crippen LogP contribution in [0.1, 0.15) is 361 Å². The van der Waals surface area contributed by atoms with Crippen LogP contribution in [-0.4, -0.2) is 37.2 Å². The van der Waals surface area contributed by atoms with Gasteiger partial charge >= 0.3 is 17.9 Å². The second kappa shape index (κ2) is 61.4.